The lowest BCUT2D eigenvalue weighted by molar-refractivity contribution is -0.117. The highest BCUT2D eigenvalue weighted by Crippen LogP contribution is 2.44. The number of rotatable bonds is 5. The van der Waals surface area contributed by atoms with Crippen LogP contribution in [-0.2, 0) is 14.3 Å². The Balaban J connectivity index is 1.53. The van der Waals surface area contributed by atoms with Crippen molar-refractivity contribution in [3.05, 3.63) is 46.2 Å². The summed E-state index contributed by atoms with van der Waals surface area (Å²) < 4.78 is 4.72. The van der Waals surface area contributed by atoms with E-state index in [9.17, 15) is 19.2 Å². The number of para-hydroxylation sites is 1. The number of benzene rings is 1. The van der Waals surface area contributed by atoms with Crippen LogP contribution in [0.3, 0.4) is 0 Å². The van der Waals surface area contributed by atoms with E-state index < -0.39 is 11.6 Å². The maximum atomic E-state index is 13.2. The van der Waals surface area contributed by atoms with E-state index in [4.69, 9.17) is 4.74 Å². The van der Waals surface area contributed by atoms with Crippen LogP contribution < -0.4 is 10.2 Å². The molecule has 1 aromatic carbocycles. The van der Waals surface area contributed by atoms with Gasteiger partial charge in [-0.05, 0) is 36.9 Å². The highest BCUT2D eigenvalue weighted by molar-refractivity contribution is 7.12. The summed E-state index contributed by atoms with van der Waals surface area (Å²) >= 11 is 1.18. The second-order valence-electron chi connectivity index (χ2n) is 7.37. The van der Waals surface area contributed by atoms with E-state index >= 15 is 0 Å². The van der Waals surface area contributed by atoms with Crippen molar-refractivity contribution in [2.75, 3.05) is 23.9 Å². The van der Waals surface area contributed by atoms with Gasteiger partial charge in [0.05, 0.1) is 24.0 Å². The van der Waals surface area contributed by atoms with Crippen LogP contribution in [0.15, 0.2) is 35.7 Å². The van der Waals surface area contributed by atoms with Crippen molar-refractivity contribution in [2.24, 2.45) is 0 Å². The molecule has 30 heavy (non-hydrogen) atoms. The van der Waals surface area contributed by atoms with Crippen LogP contribution in [0.4, 0.5) is 11.4 Å². The first kappa shape index (κ1) is 20.1. The number of esters is 1. The fourth-order valence-corrected chi connectivity index (χ4v) is 4.89. The number of carbonyl (C=O) groups is 4. The number of carbonyl (C=O) groups excluding carboxylic acids is 4. The predicted molar refractivity (Wildman–Crippen MR) is 112 cm³/mol. The van der Waals surface area contributed by atoms with E-state index in [0.717, 1.165) is 0 Å². The highest BCUT2D eigenvalue weighted by Gasteiger charge is 2.52. The summed E-state index contributed by atoms with van der Waals surface area (Å²) in [6.45, 7) is 2.01. The fourth-order valence-electron chi connectivity index (χ4n) is 4.13. The number of fused-ring (bicyclic) bond motifs is 3. The van der Waals surface area contributed by atoms with Crippen molar-refractivity contribution in [1.82, 2.24) is 4.90 Å². The quantitative estimate of drug-likeness (QED) is 0.741. The molecule has 1 fully saturated rings. The van der Waals surface area contributed by atoms with Gasteiger partial charge in [0.2, 0.25) is 11.8 Å². The van der Waals surface area contributed by atoms with Crippen LogP contribution in [0.5, 0.6) is 0 Å². The first-order chi connectivity index (χ1) is 14.4. The molecule has 0 aliphatic carbocycles. The van der Waals surface area contributed by atoms with Crippen LogP contribution >= 0.6 is 11.3 Å². The van der Waals surface area contributed by atoms with Gasteiger partial charge < -0.3 is 15.0 Å². The van der Waals surface area contributed by atoms with E-state index in [2.05, 4.69) is 5.32 Å². The van der Waals surface area contributed by atoms with Gasteiger partial charge >= 0.3 is 5.97 Å². The molecule has 156 valence electrons. The molecule has 2 aliphatic rings. The molecule has 2 aliphatic heterocycles. The summed E-state index contributed by atoms with van der Waals surface area (Å²) in [6, 6.07) is 8.68. The van der Waals surface area contributed by atoms with Crippen molar-refractivity contribution in [3.8, 4) is 0 Å². The molecule has 1 atom stereocenters. The molecule has 0 bridgehead atoms. The first-order valence-corrected chi connectivity index (χ1v) is 10.4. The van der Waals surface area contributed by atoms with Gasteiger partial charge in [0, 0.05) is 19.4 Å². The average molecular weight is 427 g/mol. The number of nitrogens with zero attached hydrogens (tertiary/aromatic N) is 2. The molecule has 0 spiro atoms. The zero-order valence-electron chi connectivity index (χ0n) is 16.6. The number of nitrogens with one attached hydrogen (secondary N) is 1. The molecular formula is C21H21N3O5S. The molecule has 3 heterocycles. The largest absolute Gasteiger partial charge is 0.465 e. The number of ether oxygens (including phenoxy) is 1. The van der Waals surface area contributed by atoms with Gasteiger partial charge in [0.25, 0.3) is 5.91 Å². The maximum Gasteiger partial charge on any atom is 0.350 e. The molecule has 0 radical (unpaired) electrons. The van der Waals surface area contributed by atoms with Gasteiger partial charge in [-0.15, -0.1) is 11.3 Å². The Labute approximate surface area is 177 Å². The molecule has 1 aromatic heterocycles. The van der Waals surface area contributed by atoms with Crippen molar-refractivity contribution in [3.63, 3.8) is 0 Å². The molecule has 9 heteroatoms. The molecule has 1 N–H and O–H groups in total. The Bertz CT molecular complexity index is 1050. The normalized spacial score (nSPS) is 20.1. The zero-order valence-corrected chi connectivity index (χ0v) is 17.5. The summed E-state index contributed by atoms with van der Waals surface area (Å²) in [7, 11) is 1.28. The molecular weight excluding hydrogens is 406 g/mol. The van der Waals surface area contributed by atoms with Crippen molar-refractivity contribution < 1.29 is 23.9 Å². The summed E-state index contributed by atoms with van der Waals surface area (Å²) in [5.74, 6) is -1.08. The Kier molecular flexibility index (Phi) is 5.07. The molecule has 8 nitrogen and oxygen atoms in total. The van der Waals surface area contributed by atoms with E-state index in [1.165, 1.54) is 18.4 Å². The maximum absolute atomic E-state index is 13.2. The SMILES string of the molecule is COC(=O)c1sccc1NC(=O)CCN1C(=O)c2ccccc2N2C(=O)CCC12C. The van der Waals surface area contributed by atoms with E-state index in [1.807, 2.05) is 6.92 Å². The standard InChI is InChI=1S/C21H21N3O5S/c1-21-10-7-17(26)24(21)15-6-4-3-5-13(15)19(27)23(21)11-8-16(25)22-14-9-12-30-18(14)20(28)29-2/h3-6,9,12H,7-8,10-11H2,1-2H3,(H,22,25). The van der Waals surface area contributed by atoms with Gasteiger partial charge in [-0.1, -0.05) is 12.1 Å². The second-order valence-corrected chi connectivity index (χ2v) is 8.29. The number of hydrogen-bond acceptors (Lipinski definition) is 6. The molecule has 4 rings (SSSR count). The van der Waals surface area contributed by atoms with Gasteiger partial charge in [0.1, 0.15) is 10.5 Å². The Morgan fingerprint density at radius 3 is 2.77 bits per heavy atom. The predicted octanol–water partition coefficient (Wildman–Crippen LogP) is 2.86. The minimum atomic E-state index is -0.803. The minimum absolute atomic E-state index is 0.0297. The summed E-state index contributed by atoms with van der Waals surface area (Å²) in [6.07, 6.45) is 0.880. The molecule has 3 amide bonds. The van der Waals surface area contributed by atoms with Crippen molar-refractivity contribution in [1.29, 1.82) is 0 Å². The van der Waals surface area contributed by atoms with Crippen molar-refractivity contribution >= 4 is 46.4 Å². The Hall–Kier alpha value is -3.20. The molecule has 0 saturated carbocycles. The Morgan fingerprint density at radius 1 is 1.23 bits per heavy atom. The monoisotopic (exact) mass is 427 g/mol. The number of methoxy groups -OCH3 is 1. The van der Waals surface area contributed by atoms with Gasteiger partial charge in [-0.3, -0.25) is 19.3 Å². The summed E-state index contributed by atoms with van der Waals surface area (Å²) in [5, 5.41) is 4.40. The zero-order chi connectivity index (χ0) is 21.5. The third-order valence-electron chi connectivity index (χ3n) is 5.62. The minimum Gasteiger partial charge on any atom is -0.465 e. The van der Waals surface area contributed by atoms with Crippen LogP contribution in [0.1, 0.15) is 46.2 Å². The van der Waals surface area contributed by atoms with Crippen molar-refractivity contribution in [2.45, 2.75) is 31.8 Å². The third-order valence-corrected chi connectivity index (χ3v) is 6.51. The van der Waals surface area contributed by atoms with E-state index in [0.29, 0.717) is 34.7 Å². The highest BCUT2D eigenvalue weighted by atomic mass is 32.1. The van der Waals surface area contributed by atoms with Crippen LogP contribution in [0.25, 0.3) is 0 Å². The fraction of sp³-hybridized carbons (Fsp3) is 0.333. The first-order valence-electron chi connectivity index (χ1n) is 9.56. The van der Waals surface area contributed by atoms with Gasteiger partial charge in [-0.2, -0.15) is 0 Å². The van der Waals surface area contributed by atoms with Gasteiger partial charge in [-0.25, -0.2) is 4.79 Å². The lowest BCUT2D eigenvalue weighted by atomic mass is 9.98. The number of thiophene rings is 1. The topological polar surface area (TPSA) is 96.0 Å². The summed E-state index contributed by atoms with van der Waals surface area (Å²) in [4.78, 5) is 53.7. The number of hydrogen-bond donors (Lipinski definition) is 1. The molecule has 1 unspecified atom stereocenters. The molecule has 2 aromatic rings. The lowest BCUT2D eigenvalue weighted by Gasteiger charge is -2.48. The van der Waals surface area contributed by atoms with E-state index in [1.54, 1.807) is 45.5 Å². The number of anilines is 2. The summed E-state index contributed by atoms with van der Waals surface area (Å²) in [5.41, 5.74) is 0.657. The Morgan fingerprint density at radius 2 is 2.00 bits per heavy atom. The average Bonchev–Trinajstić information content (AvgIpc) is 3.31. The number of amides is 3. The third kappa shape index (κ3) is 3.15. The second kappa shape index (κ2) is 7.56. The van der Waals surface area contributed by atoms with E-state index in [-0.39, 0.29) is 30.7 Å². The van der Waals surface area contributed by atoms with Crippen LogP contribution in [-0.4, -0.2) is 47.9 Å². The van der Waals surface area contributed by atoms with Gasteiger partial charge in [0.15, 0.2) is 0 Å². The smallest absolute Gasteiger partial charge is 0.350 e. The lowest BCUT2D eigenvalue weighted by Crippen LogP contribution is -2.62. The van der Waals surface area contributed by atoms with Crippen LogP contribution in [0, 0.1) is 0 Å². The molecule has 1 saturated heterocycles. The van der Waals surface area contributed by atoms with Crippen LogP contribution in [0.2, 0.25) is 0 Å².